The zero-order chi connectivity index (χ0) is 17.3. The minimum Gasteiger partial charge on any atom is -0.493 e. The number of thiazole rings is 1. The van der Waals surface area contributed by atoms with Crippen LogP contribution in [0.5, 0.6) is 11.5 Å². The smallest absolute Gasteiger partial charge is 0.270 e. The standard InChI is InChI=1S/C16H15N3O3S2/c1-4-7-22-10-6-5-9(8-11(10)21-3)13-17-14-12(15(20)18-13)24-16(23)19(14)2/h4-6,8H,1,7H2,2-3H3,(H,17,18,20). The van der Waals surface area contributed by atoms with Gasteiger partial charge in [-0.15, -0.1) is 0 Å². The van der Waals surface area contributed by atoms with Crippen molar-refractivity contribution in [2.75, 3.05) is 13.7 Å². The van der Waals surface area contributed by atoms with Gasteiger partial charge >= 0.3 is 0 Å². The van der Waals surface area contributed by atoms with E-state index in [1.807, 2.05) is 6.07 Å². The highest BCUT2D eigenvalue weighted by Crippen LogP contribution is 2.31. The Morgan fingerprint density at radius 1 is 1.46 bits per heavy atom. The molecule has 0 aliphatic carbocycles. The molecule has 8 heteroatoms. The number of nitrogens with zero attached hydrogens (tertiary/aromatic N) is 2. The average Bonchev–Trinajstić information content (AvgIpc) is 2.88. The fraction of sp³-hybridized carbons (Fsp3) is 0.188. The Kier molecular flexibility index (Phi) is 4.50. The lowest BCUT2D eigenvalue weighted by Gasteiger charge is -2.11. The molecule has 0 aliphatic heterocycles. The summed E-state index contributed by atoms with van der Waals surface area (Å²) in [7, 11) is 3.35. The number of hydrogen-bond acceptors (Lipinski definition) is 6. The maximum atomic E-state index is 12.3. The molecule has 3 aromatic rings. The van der Waals surface area contributed by atoms with E-state index in [1.54, 1.807) is 36.9 Å². The number of aromatic nitrogens is 3. The molecule has 0 amide bonds. The van der Waals surface area contributed by atoms with Crippen LogP contribution in [0.2, 0.25) is 0 Å². The van der Waals surface area contributed by atoms with Crippen LogP contribution in [0.1, 0.15) is 0 Å². The number of nitrogens with one attached hydrogen (secondary N) is 1. The van der Waals surface area contributed by atoms with Gasteiger partial charge in [-0.25, -0.2) is 4.98 Å². The number of H-pyrrole nitrogens is 1. The van der Waals surface area contributed by atoms with Crippen LogP contribution in [0, 0.1) is 3.95 Å². The van der Waals surface area contributed by atoms with Crippen LogP contribution in [0.3, 0.4) is 0 Å². The number of hydrogen-bond donors (Lipinski definition) is 1. The molecular weight excluding hydrogens is 346 g/mol. The van der Waals surface area contributed by atoms with Crippen molar-refractivity contribution in [1.82, 2.24) is 14.5 Å². The first-order valence-electron chi connectivity index (χ1n) is 7.07. The van der Waals surface area contributed by atoms with Crippen LogP contribution >= 0.6 is 23.6 Å². The molecule has 1 N–H and O–H groups in total. The van der Waals surface area contributed by atoms with E-state index in [4.69, 9.17) is 21.7 Å². The highest BCUT2D eigenvalue weighted by molar-refractivity contribution is 7.73. The summed E-state index contributed by atoms with van der Waals surface area (Å²) < 4.78 is 13.7. The van der Waals surface area contributed by atoms with Crippen LogP contribution in [-0.2, 0) is 7.05 Å². The topological polar surface area (TPSA) is 69.1 Å². The van der Waals surface area contributed by atoms with E-state index in [-0.39, 0.29) is 5.56 Å². The Balaban J connectivity index is 2.13. The Hall–Kier alpha value is -2.45. The third-order valence-corrected chi connectivity index (χ3v) is 4.98. The van der Waals surface area contributed by atoms with Gasteiger partial charge < -0.3 is 19.0 Å². The van der Waals surface area contributed by atoms with Crippen LogP contribution in [0.25, 0.3) is 21.7 Å². The lowest BCUT2D eigenvalue weighted by molar-refractivity contribution is 0.326. The summed E-state index contributed by atoms with van der Waals surface area (Å²) in [5.74, 6) is 1.60. The largest absolute Gasteiger partial charge is 0.493 e. The maximum absolute atomic E-state index is 12.3. The third kappa shape index (κ3) is 2.85. The number of fused-ring (bicyclic) bond motifs is 1. The highest BCUT2D eigenvalue weighted by atomic mass is 32.1. The molecule has 6 nitrogen and oxygen atoms in total. The Bertz CT molecular complexity index is 1030. The summed E-state index contributed by atoms with van der Waals surface area (Å²) in [4.78, 5) is 19.6. The van der Waals surface area contributed by atoms with E-state index in [9.17, 15) is 4.79 Å². The summed E-state index contributed by atoms with van der Waals surface area (Å²) in [6.07, 6.45) is 1.66. The molecule has 24 heavy (non-hydrogen) atoms. The molecule has 0 saturated carbocycles. The first-order valence-corrected chi connectivity index (χ1v) is 8.29. The Morgan fingerprint density at radius 3 is 2.96 bits per heavy atom. The number of benzene rings is 1. The molecule has 1 aromatic carbocycles. The quantitative estimate of drug-likeness (QED) is 0.558. The van der Waals surface area contributed by atoms with E-state index in [2.05, 4.69) is 16.5 Å². The number of methoxy groups -OCH3 is 1. The fourth-order valence-electron chi connectivity index (χ4n) is 2.23. The van der Waals surface area contributed by atoms with Gasteiger partial charge in [0.2, 0.25) is 0 Å². The molecule has 0 aliphatic rings. The van der Waals surface area contributed by atoms with Gasteiger partial charge in [0, 0.05) is 12.6 Å². The SMILES string of the molecule is C=CCOc1ccc(-c2nc3c(sc(=S)n3C)c(=O)[nH]2)cc1OC. The number of aryl methyl sites for hydroxylation is 1. The van der Waals surface area contributed by atoms with Gasteiger partial charge in [0.15, 0.2) is 21.1 Å². The van der Waals surface area contributed by atoms with Crippen molar-refractivity contribution < 1.29 is 9.47 Å². The lowest BCUT2D eigenvalue weighted by Crippen LogP contribution is -2.09. The van der Waals surface area contributed by atoms with Crippen molar-refractivity contribution in [3.63, 3.8) is 0 Å². The van der Waals surface area contributed by atoms with E-state index in [0.29, 0.717) is 43.8 Å². The van der Waals surface area contributed by atoms with Gasteiger partial charge in [-0.05, 0) is 30.4 Å². The van der Waals surface area contributed by atoms with E-state index in [1.165, 1.54) is 11.3 Å². The second kappa shape index (κ2) is 6.58. The fourth-order valence-corrected chi connectivity index (χ4v) is 3.38. The van der Waals surface area contributed by atoms with Crippen molar-refractivity contribution in [1.29, 1.82) is 0 Å². The molecule has 2 heterocycles. The Morgan fingerprint density at radius 2 is 2.25 bits per heavy atom. The van der Waals surface area contributed by atoms with Crippen molar-refractivity contribution in [3.8, 4) is 22.9 Å². The molecule has 0 bridgehead atoms. The normalized spacial score (nSPS) is 10.8. The number of ether oxygens (including phenoxy) is 2. The predicted molar refractivity (Wildman–Crippen MR) is 97.7 cm³/mol. The molecule has 0 unspecified atom stereocenters. The monoisotopic (exact) mass is 361 g/mol. The molecule has 124 valence electrons. The van der Waals surface area contributed by atoms with Gasteiger partial charge in [-0.3, -0.25) is 4.79 Å². The second-order valence-electron chi connectivity index (χ2n) is 4.96. The second-order valence-corrected chi connectivity index (χ2v) is 6.60. The van der Waals surface area contributed by atoms with Crippen LogP contribution < -0.4 is 15.0 Å². The summed E-state index contributed by atoms with van der Waals surface area (Å²) in [6, 6.07) is 5.35. The van der Waals surface area contributed by atoms with E-state index in [0.717, 1.165) is 0 Å². The first kappa shape index (κ1) is 16.4. The summed E-state index contributed by atoms with van der Waals surface area (Å²) in [5, 5.41) is 0. The van der Waals surface area contributed by atoms with Gasteiger partial charge in [0.05, 0.1) is 7.11 Å². The average molecular weight is 361 g/mol. The van der Waals surface area contributed by atoms with Gasteiger partial charge in [-0.2, -0.15) is 0 Å². The lowest BCUT2D eigenvalue weighted by atomic mass is 10.2. The first-order chi connectivity index (χ1) is 11.5. The van der Waals surface area contributed by atoms with Crippen molar-refractivity contribution in [2.45, 2.75) is 0 Å². The molecule has 0 saturated heterocycles. The van der Waals surface area contributed by atoms with E-state index >= 15 is 0 Å². The van der Waals surface area contributed by atoms with E-state index < -0.39 is 0 Å². The number of aromatic amines is 1. The predicted octanol–water partition coefficient (Wildman–Crippen LogP) is 3.29. The summed E-state index contributed by atoms with van der Waals surface area (Å²) in [6.45, 7) is 4.00. The van der Waals surface area contributed by atoms with Crippen molar-refractivity contribution in [3.05, 3.63) is 45.2 Å². The van der Waals surface area contributed by atoms with Crippen LogP contribution in [0.15, 0.2) is 35.6 Å². The minimum atomic E-state index is -0.211. The highest BCUT2D eigenvalue weighted by Gasteiger charge is 2.13. The molecule has 0 fully saturated rings. The molecule has 2 aromatic heterocycles. The maximum Gasteiger partial charge on any atom is 0.270 e. The van der Waals surface area contributed by atoms with Gasteiger partial charge in [0.25, 0.3) is 5.56 Å². The van der Waals surface area contributed by atoms with Crippen molar-refractivity contribution in [2.24, 2.45) is 7.05 Å². The summed E-state index contributed by atoms with van der Waals surface area (Å²) in [5.41, 5.74) is 1.07. The zero-order valence-electron chi connectivity index (χ0n) is 13.2. The molecule has 0 radical (unpaired) electrons. The van der Waals surface area contributed by atoms with Gasteiger partial charge in [0.1, 0.15) is 17.1 Å². The third-order valence-electron chi connectivity index (χ3n) is 3.43. The molecule has 0 atom stereocenters. The Labute approximate surface area is 147 Å². The van der Waals surface area contributed by atoms with Gasteiger partial charge in [-0.1, -0.05) is 24.0 Å². The zero-order valence-corrected chi connectivity index (χ0v) is 14.8. The minimum absolute atomic E-state index is 0.211. The molecule has 0 spiro atoms. The summed E-state index contributed by atoms with van der Waals surface area (Å²) >= 11 is 6.46. The number of rotatable bonds is 5. The molecular formula is C16H15N3O3S2. The van der Waals surface area contributed by atoms with Crippen LogP contribution in [0.4, 0.5) is 0 Å². The van der Waals surface area contributed by atoms with Crippen LogP contribution in [-0.4, -0.2) is 28.3 Å². The van der Waals surface area contributed by atoms with Crippen molar-refractivity contribution >= 4 is 33.9 Å². The molecule has 3 rings (SSSR count).